The average molecular weight is 337 g/mol. The van der Waals surface area contributed by atoms with Gasteiger partial charge in [0.2, 0.25) is 0 Å². The fourth-order valence-corrected chi connectivity index (χ4v) is 3.09. The van der Waals surface area contributed by atoms with Gasteiger partial charge in [0.25, 0.3) is 0 Å². The van der Waals surface area contributed by atoms with Crippen LogP contribution in [0.1, 0.15) is 22.3 Å². The Kier molecular flexibility index (Phi) is 3.95. The predicted octanol–water partition coefficient (Wildman–Crippen LogP) is 4.79. The molecule has 0 N–H and O–H groups in total. The third-order valence-corrected chi connectivity index (χ3v) is 4.34. The van der Waals surface area contributed by atoms with Gasteiger partial charge in [-0.3, -0.25) is 0 Å². The average Bonchev–Trinajstić information content (AvgIpc) is 2.53. The van der Waals surface area contributed by atoms with E-state index in [1.54, 1.807) is 18.2 Å². The summed E-state index contributed by atoms with van der Waals surface area (Å²) in [6.45, 7) is 1.04. The number of benzene rings is 2. The second-order valence-corrected chi connectivity index (χ2v) is 5.80. The molecule has 0 atom stereocenters. The molecule has 23 heavy (non-hydrogen) atoms. The number of fused-ring (bicyclic) bond motifs is 1. The normalized spacial score (nSPS) is 14.3. The highest BCUT2D eigenvalue weighted by Crippen LogP contribution is 2.37. The van der Waals surface area contributed by atoms with Gasteiger partial charge in [-0.15, -0.1) is 0 Å². The van der Waals surface area contributed by atoms with Gasteiger partial charge in [0.1, 0.15) is 0 Å². The first-order chi connectivity index (χ1) is 10.9. The lowest BCUT2D eigenvalue weighted by atomic mass is 9.94. The molecule has 0 spiro atoms. The Balaban J connectivity index is 1.94. The van der Waals surface area contributed by atoms with E-state index >= 15 is 0 Å². The topological polar surface area (TPSA) is 27.0 Å². The minimum Gasteiger partial charge on any atom is -0.367 e. The van der Waals surface area contributed by atoms with Crippen LogP contribution in [0.2, 0.25) is 5.02 Å². The Hall–Kier alpha value is -2.19. The molecule has 0 bridgehead atoms. The number of nitriles is 1. The van der Waals surface area contributed by atoms with Crippen LogP contribution in [-0.2, 0) is 19.1 Å². The summed E-state index contributed by atoms with van der Waals surface area (Å²) in [5.41, 5.74) is 2.24. The van der Waals surface area contributed by atoms with E-state index < -0.39 is 11.7 Å². The van der Waals surface area contributed by atoms with Crippen LogP contribution in [0.3, 0.4) is 0 Å². The van der Waals surface area contributed by atoms with Crippen molar-refractivity contribution in [3.8, 4) is 6.07 Å². The molecule has 2 aromatic carbocycles. The summed E-state index contributed by atoms with van der Waals surface area (Å²) in [5, 5.41) is 8.83. The van der Waals surface area contributed by atoms with Crippen LogP contribution in [0.15, 0.2) is 36.4 Å². The van der Waals surface area contributed by atoms with Gasteiger partial charge in [-0.05, 0) is 41.8 Å². The van der Waals surface area contributed by atoms with E-state index in [0.717, 1.165) is 17.2 Å². The third kappa shape index (κ3) is 2.99. The zero-order chi connectivity index (χ0) is 16.6. The summed E-state index contributed by atoms with van der Waals surface area (Å²) in [5.74, 6) is 0. The maximum Gasteiger partial charge on any atom is 0.417 e. The van der Waals surface area contributed by atoms with Crippen LogP contribution in [0.25, 0.3) is 0 Å². The molecule has 118 valence electrons. The first kappa shape index (κ1) is 15.7. The fourth-order valence-electron chi connectivity index (χ4n) is 2.86. The van der Waals surface area contributed by atoms with Gasteiger partial charge in [0, 0.05) is 18.8 Å². The van der Waals surface area contributed by atoms with Gasteiger partial charge < -0.3 is 4.90 Å². The minimum atomic E-state index is -4.48. The summed E-state index contributed by atoms with van der Waals surface area (Å²) < 4.78 is 39.0. The van der Waals surface area contributed by atoms with Gasteiger partial charge in [-0.1, -0.05) is 23.7 Å². The van der Waals surface area contributed by atoms with Crippen molar-refractivity contribution >= 4 is 17.3 Å². The van der Waals surface area contributed by atoms with Crippen molar-refractivity contribution in [1.29, 1.82) is 5.26 Å². The lowest BCUT2D eigenvalue weighted by Crippen LogP contribution is -2.31. The molecular formula is C17H12ClF3N2. The van der Waals surface area contributed by atoms with Gasteiger partial charge in [0.05, 0.1) is 22.2 Å². The zero-order valence-electron chi connectivity index (χ0n) is 12.0. The van der Waals surface area contributed by atoms with Crippen LogP contribution in [0, 0.1) is 11.3 Å². The standard InChI is InChI=1S/C17H12ClF3N2/c18-16-5-4-13(8-15(16)17(19,20)21)23-7-6-14-11(9-22)2-1-3-12(14)10-23/h1-5,8H,6-7,10H2. The Labute approximate surface area is 136 Å². The van der Waals surface area contributed by atoms with Crippen molar-refractivity contribution in [1.82, 2.24) is 0 Å². The Bertz CT molecular complexity index is 793. The second kappa shape index (κ2) is 5.78. The molecule has 0 saturated heterocycles. The van der Waals surface area contributed by atoms with Crippen LogP contribution < -0.4 is 4.90 Å². The van der Waals surface area contributed by atoms with Crippen molar-refractivity contribution in [2.45, 2.75) is 19.1 Å². The Morgan fingerprint density at radius 2 is 1.96 bits per heavy atom. The van der Waals surface area contributed by atoms with E-state index in [1.165, 1.54) is 6.07 Å². The summed E-state index contributed by atoms with van der Waals surface area (Å²) in [4.78, 5) is 1.87. The van der Waals surface area contributed by atoms with Crippen molar-refractivity contribution < 1.29 is 13.2 Å². The first-order valence-electron chi connectivity index (χ1n) is 7.02. The van der Waals surface area contributed by atoms with Gasteiger partial charge in [-0.2, -0.15) is 18.4 Å². The molecule has 1 heterocycles. The maximum absolute atomic E-state index is 13.0. The van der Waals surface area contributed by atoms with Crippen LogP contribution in [0.4, 0.5) is 18.9 Å². The molecule has 0 saturated carbocycles. The Morgan fingerprint density at radius 3 is 2.65 bits per heavy atom. The molecular weight excluding hydrogens is 325 g/mol. The number of rotatable bonds is 1. The van der Waals surface area contributed by atoms with E-state index in [0.29, 0.717) is 30.8 Å². The molecule has 0 amide bonds. The predicted molar refractivity (Wildman–Crippen MR) is 82.4 cm³/mol. The lowest BCUT2D eigenvalue weighted by Gasteiger charge is -2.31. The molecule has 2 aromatic rings. The minimum absolute atomic E-state index is 0.301. The maximum atomic E-state index is 13.0. The molecule has 0 aromatic heterocycles. The highest BCUT2D eigenvalue weighted by molar-refractivity contribution is 6.31. The van der Waals surface area contributed by atoms with E-state index in [9.17, 15) is 13.2 Å². The molecule has 6 heteroatoms. The number of hydrogen-bond acceptors (Lipinski definition) is 2. The lowest BCUT2D eigenvalue weighted by molar-refractivity contribution is -0.137. The zero-order valence-corrected chi connectivity index (χ0v) is 12.7. The van der Waals surface area contributed by atoms with Gasteiger partial charge >= 0.3 is 6.18 Å². The smallest absolute Gasteiger partial charge is 0.367 e. The molecule has 0 unspecified atom stereocenters. The summed E-state index contributed by atoms with van der Waals surface area (Å²) in [6.07, 6.45) is -3.85. The van der Waals surface area contributed by atoms with Crippen LogP contribution >= 0.6 is 11.6 Å². The van der Waals surface area contributed by atoms with E-state index in [4.69, 9.17) is 16.9 Å². The fraction of sp³-hybridized carbons (Fsp3) is 0.235. The molecule has 0 radical (unpaired) electrons. The molecule has 1 aliphatic rings. The van der Waals surface area contributed by atoms with Gasteiger partial charge in [-0.25, -0.2) is 0 Å². The van der Waals surface area contributed by atoms with E-state index in [1.807, 2.05) is 11.0 Å². The summed E-state index contributed by atoms with van der Waals surface area (Å²) >= 11 is 5.67. The van der Waals surface area contributed by atoms with Crippen molar-refractivity contribution in [3.05, 3.63) is 63.7 Å². The molecule has 0 fully saturated rings. The Morgan fingerprint density at radius 1 is 1.17 bits per heavy atom. The van der Waals surface area contributed by atoms with Crippen LogP contribution in [-0.4, -0.2) is 6.54 Å². The van der Waals surface area contributed by atoms with E-state index in [2.05, 4.69) is 6.07 Å². The number of halogens is 4. The largest absolute Gasteiger partial charge is 0.417 e. The number of nitrogens with zero attached hydrogens (tertiary/aromatic N) is 2. The third-order valence-electron chi connectivity index (χ3n) is 4.01. The number of hydrogen-bond donors (Lipinski definition) is 0. The SMILES string of the molecule is N#Cc1cccc2c1CCN(c1ccc(Cl)c(C(F)(F)F)c1)C2. The second-order valence-electron chi connectivity index (χ2n) is 5.39. The molecule has 0 aliphatic carbocycles. The molecule has 2 nitrogen and oxygen atoms in total. The monoisotopic (exact) mass is 336 g/mol. The first-order valence-corrected chi connectivity index (χ1v) is 7.40. The van der Waals surface area contributed by atoms with E-state index in [-0.39, 0.29) is 5.02 Å². The highest BCUT2D eigenvalue weighted by Gasteiger charge is 2.34. The van der Waals surface area contributed by atoms with Crippen molar-refractivity contribution in [2.75, 3.05) is 11.4 Å². The van der Waals surface area contributed by atoms with Gasteiger partial charge in [0.15, 0.2) is 0 Å². The molecule has 1 aliphatic heterocycles. The summed E-state index contributed by atoms with van der Waals surface area (Å²) in [7, 11) is 0. The van der Waals surface area contributed by atoms with Crippen LogP contribution in [0.5, 0.6) is 0 Å². The molecule has 3 rings (SSSR count). The summed E-state index contributed by atoms with van der Waals surface area (Å²) in [6, 6.07) is 11.6. The number of alkyl halides is 3. The van der Waals surface area contributed by atoms with Crippen molar-refractivity contribution in [2.24, 2.45) is 0 Å². The quantitative estimate of drug-likeness (QED) is 0.748. The highest BCUT2D eigenvalue weighted by atomic mass is 35.5. The van der Waals surface area contributed by atoms with Crippen molar-refractivity contribution in [3.63, 3.8) is 0 Å². The number of anilines is 1.